The van der Waals surface area contributed by atoms with E-state index >= 15 is 0 Å². The highest BCUT2D eigenvalue weighted by Gasteiger charge is 2.58. The Balaban J connectivity index is 1.16. The third-order valence-electron chi connectivity index (χ3n) is 7.56. The smallest absolute Gasteiger partial charge is 0.296 e. The zero-order chi connectivity index (χ0) is 18.9. The van der Waals surface area contributed by atoms with E-state index in [1.54, 1.807) is 0 Å². The van der Waals surface area contributed by atoms with Crippen LogP contribution in [0.3, 0.4) is 0 Å². The summed E-state index contributed by atoms with van der Waals surface area (Å²) in [5.41, 5.74) is 1.58. The number of hydrogen-bond donors (Lipinski definition) is 0. The molecule has 3 heterocycles. The fourth-order valence-corrected chi connectivity index (χ4v) is 6.09. The molecule has 3 fully saturated rings. The number of amidine groups is 1. The van der Waals surface area contributed by atoms with E-state index in [-0.39, 0.29) is 11.5 Å². The van der Waals surface area contributed by atoms with Gasteiger partial charge in [0.15, 0.2) is 5.60 Å². The number of ketones is 1. The predicted octanol–water partition coefficient (Wildman–Crippen LogP) is 2.55. The molecule has 1 aromatic rings. The summed E-state index contributed by atoms with van der Waals surface area (Å²) in [6, 6.07) is 8.95. The number of fused-ring (bicyclic) bond motifs is 3. The fourth-order valence-electron chi connectivity index (χ4n) is 6.09. The van der Waals surface area contributed by atoms with Crippen LogP contribution in [0, 0.1) is 11.8 Å². The topological polar surface area (TPSA) is 68.2 Å². The third kappa shape index (κ3) is 2.27. The molecule has 3 atom stereocenters. The molecular weight excluding hydrogens is 356 g/mol. The van der Waals surface area contributed by atoms with Gasteiger partial charge >= 0.3 is 0 Å². The zero-order valence-corrected chi connectivity index (χ0v) is 15.9. The molecule has 6 heteroatoms. The van der Waals surface area contributed by atoms with Gasteiger partial charge in [-0.3, -0.25) is 9.59 Å². The second-order valence-electron chi connectivity index (χ2n) is 9.10. The second-order valence-corrected chi connectivity index (χ2v) is 9.10. The van der Waals surface area contributed by atoms with Crippen molar-refractivity contribution < 1.29 is 19.1 Å². The molecule has 2 aliphatic carbocycles. The molecule has 3 aliphatic heterocycles. The predicted molar refractivity (Wildman–Crippen MR) is 100 cm³/mol. The van der Waals surface area contributed by atoms with Crippen molar-refractivity contribution in [2.75, 3.05) is 13.1 Å². The number of carbonyl (C=O) groups is 2. The largest absolute Gasteiger partial charge is 0.448 e. The SMILES string of the molecule is O=C1C[C@@H]2CC3(C[C@@H]2C1)OC(N1CCC2(CC1)OCc1ccccc12)=NC3=O. The van der Waals surface area contributed by atoms with Crippen molar-refractivity contribution in [3.8, 4) is 0 Å². The number of likely N-dealkylation sites (tertiary alicyclic amines) is 1. The van der Waals surface area contributed by atoms with E-state index in [2.05, 4.69) is 34.2 Å². The van der Waals surface area contributed by atoms with Crippen molar-refractivity contribution >= 4 is 17.7 Å². The number of carbonyl (C=O) groups excluding carboxylic acids is 2. The molecular formula is C22H24N2O4. The van der Waals surface area contributed by atoms with Gasteiger partial charge in [-0.15, -0.1) is 0 Å². The summed E-state index contributed by atoms with van der Waals surface area (Å²) in [4.78, 5) is 30.8. The molecule has 6 rings (SSSR count). The molecule has 5 aliphatic rings. The normalized spacial score (nSPS) is 35.4. The van der Waals surface area contributed by atoms with Crippen molar-refractivity contribution in [3.05, 3.63) is 35.4 Å². The zero-order valence-electron chi connectivity index (χ0n) is 15.9. The van der Waals surface area contributed by atoms with Gasteiger partial charge in [-0.2, -0.15) is 4.99 Å². The number of nitrogens with zero attached hydrogens (tertiary/aromatic N) is 2. The van der Waals surface area contributed by atoms with Gasteiger partial charge < -0.3 is 14.4 Å². The van der Waals surface area contributed by atoms with Gasteiger partial charge in [-0.25, -0.2) is 0 Å². The number of ether oxygens (including phenoxy) is 2. The number of hydrogen-bond acceptors (Lipinski definition) is 5. The van der Waals surface area contributed by atoms with Gasteiger partial charge in [-0.1, -0.05) is 24.3 Å². The molecule has 1 saturated heterocycles. The molecule has 1 amide bonds. The monoisotopic (exact) mass is 380 g/mol. The van der Waals surface area contributed by atoms with Gasteiger partial charge in [0.1, 0.15) is 5.78 Å². The minimum absolute atomic E-state index is 0.146. The van der Waals surface area contributed by atoms with Crippen molar-refractivity contribution in [2.24, 2.45) is 16.8 Å². The Bertz CT molecular complexity index is 884. The number of piperidine rings is 1. The lowest BCUT2D eigenvalue weighted by Gasteiger charge is -2.39. The van der Waals surface area contributed by atoms with Crippen LogP contribution in [0.15, 0.2) is 29.3 Å². The molecule has 2 spiro atoms. The van der Waals surface area contributed by atoms with Crippen LogP contribution in [-0.4, -0.2) is 41.3 Å². The lowest BCUT2D eigenvalue weighted by Crippen LogP contribution is -2.46. The van der Waals surface area contributed by atoms with Crippen molar-refractivity contribution in [2.45, 2.75) is 56.3 Å². The molecule has 146 valence electrons. The molecule has 0 radical (unpaired) electrons. The third-order valence-corrected chi connectivity index (χ3v) is 7.56. The van der Waals surface area contributed by atoms with Crippen LogP contribution in [0.1, 0.15) is 49.7 Å². The quantitative estimate of drug-likeness (QED) is 0.692. The average molecular weight is 380 g/mol. The summed E-state index contributed by atoms with van der Waals surface area (Å²) >= 11 is 0. The van der Waals surface area contributed by atoms with Gasteiger partial charge in [0.2, 0.25) is 0 Å². The van der Waals surface area contributed by atoms with E-state index in [0.29, 0.717) is 55.9 Å². The van der Waals surface area contributed by atoms with Crippen LogP contribution >= 0.6 is 0 Å². The molecule has 6 nitrogen and oxygen atoms in total. The molecule has 1 unspecified atom stereocenters. The molecule has 2 saturated carbocycles. The molecule has 0 aromatic heterocycles. The van der Waals surface area contributed by atoms with E-state index in [1.165, 1.54) is 11.1 Å². The van der Waals surface area contributed by atoms with E-state index in [4.69, 9.17) is 9.47 Å². The first-order chi connectivity index (χ1) is 13.6. The van der Waals surface area contributed by atoms with Crippen LogP contribution in [0.25, 0.3) is 0 Å². The summed E-state index contributed by atoms with van der Waals surface area (Å²) in [7, 11) is 0. The van der Waals surface area contributed by atoms with Crippen LogP contribution in [0.5, 0.6) is 0 Å². The maximum absolute atomic E-state index is 12.7. The molecule has 28 heavy (non-hydrogen) atoms. The van der Waals surface area contributed by atoms with Gasteiger partial charge in [0, 0.05) is 38.8 Å². The Morgan fingerprint density at radius 1 is 1.00 bits per heavy atom. The van der Waals surface area contributed by atoms with Crippen molar-refractivity contribution in [1.82, 2.24) is 4.90 Å². The number of rotatable bonds is 0. The first-order valence-corrected chi connectivity index (χ1v) is 10.4. The van der Waals surface area contributed by atoms with Gasteiger partial charge in [-0.05, 0) is 35.8 Å². The van der Waals surface area contributed by atoms with Crippen LogP contribution in [0.4, 0.5) is 0 Å². The Kier molecular flexibility index (Phi) is 3.38. The summed E-state index contributed by atoms with van der Waals surface area (Å²) in [5, 5.41) is 0. The first-order valence-electron chi connectivity index (χ1n) is 10.4. The standard InChI is InChI=1S/C22H24N2O4/c25-17-9-15-11-22(12-16(15)10-17)19(26)23-20(28-22)24-7-5-21(6-8-24)18-4-2-1-3-14(18)13-27-21/h1-4,15-16H,5-13H2/t15-,16+,22?. The summed E-state index contributed by atoms with van der Waals surface area (Å²) < 4.78 is 12.5. The lowest BCUT2D eigenvalue weighted by atomic mass is 9.84. The van der Waals surface area contributed by atoms with Crippen molar-refractivity contribution in [3.63, 3.8) is 0 Å². The lowest BCUT2D eigenvalue weighted by molar-refractivity contribution is -0.132. The number of Topliss-reactive ketones (excluding diaryl/α,β-unsaturated/α-hetero) is 1. The molecule has 0 N–H and O–H groups in total. The van der Waals surface area contributed by atoms with Crippen LogP contribution < -0.4 is 0 Å². The van der Waals surface area contributed by atoms with E-state index in [0.717, 1.165) is 25.9 Å². The Hall–Kier alpha value is -2.21. The van der Waals surface area contributed by atoms with E-state index in [1.807, 2.05) is 0 Å². The highest BCUT2D eigenvalue weighted by molar-refractivity contribution is 6.02. The minimum Gasteiger partial charge on any atom is -0.448 e. The Morgan fingerprint density at radius 2 is 1.71 bits per heavy atom. The average Bonchev–Trinajstić information content (AvgIpc) is 3.40. The van der Waals surface area contributed by atoms with Gasteiger partial charge in [0.05, 0.1) is 12.2 Å². The number of aliphatic imine (C=N–C) groups is 1. The summed E-state index contributed by atoms with van der Waals surface area (Å²) in [6.45, 7) is 2.21. The first kappa shape index (κ1) is 16.7. The molecule has 1 aromatic carbocycles. The summed E-state index contributed by atoms with van der Waals surface area (Å²) in [5.74, 6) is 0.764. The minimum atomic E-state index is -0.809. The Labute approximate surface area is 163 Å². The highest BCUT2D eigenvalue weighted by atomic mass is 16.5. The number of benzene rings is 1. The van der Waals surface area contributed by atoms with Gasteiger partial charge in [0.25, 0.3) is 11.9 Å². The highest BCUT2D eigenvalue weighted by Crippen LogP contribution is 2.51. The van der Waals surface area contributed by atoms with E-state index in [9.17, 15) is 9.59 Å². The number of amides is 1. The summed E-state index contributed by atoms with van der Waals surface area (Å²) in [6.07, 6.45) is 4.22. The maximum atomic E-state index is 12.7. The van der Waals surface area contributed by atoms with Crippen LogP contribution in [0.2, 0.25) is 0 Å². The maximum Gasteiger partial charge on any atom is 0.296 e. The van der Waals surface area contributed by atoms with Crippen LogP contribution in [-0.2, 0) is 31.3 Å². The van der Waals surface area contributed by atoms with E-state index < -0.39 is 5.60 Å². The second kappa shape index (κ2) is 5.66. The fraction of sp³-hybridized carbons (Fsp3) is 0.591. The Morgan fingerprint density at radius 3 is 2.46 bits per heavy atom. The van der Waals surface area contributed by atoms with Crippen molar-refractivity contribution in [1.29, 1.82) is 0 Å². The molecule has 0 bridgehead atoms.